The van der Waals surface area contributed by atoms with E-state index in [0.29, 0.717) is 12.6 Å². The van der Waals surface area contributed by atoms with Crippen LogP contribution in [0.1, 0.15) is 37.9 Å². The molecule has 1 fully saturated rings. The van der Waals surface area contributed by atoms with E-state index in [1.165, 1.54) is 24.9 Å². The molecule has 2 atom stereocenters. The topological polar surface area (TPSA) is 42.2 Å². The van der Waals surface area contributed by atoms with E-state index in [-0.39, 0.29) is 0 Å². The van der Waals surface area contributed by atoms with Crippen molar-refractivity contribution in [3.05, 3.63) is 29.6 Å². The van der Waals surface area contributed by atoms with Crippen molar-refractivity contribution in [2.24, 2.45) is 11.7 Å². The minimum atomic E-state index is 0.585. The molecule has 0 saturated carbocycles. The van der Waals surface area contributed by atoms with Gasteiger partial charge in [-0.05, 0) is 43.9 Å². The minimum absolute atomic E-state index is 0.585. The molecule has 3 heteroatoms. The molecule has 0 aliphatic carbocycles. The Morgan fingerprint density at radius 2 is 2.29 bits per heavy atom. The maximum atomic E-state index is 5.75. The predicted octanol–water partition coefficient (Wildman–Crippen LogP) is 2.16. The largest absolute Gasteiger partial charge is 0.326 e. The highest BCUT2D eigenvalue weighted by atomic mass is 15.2. The Labute approximate surface area is 104 Å². The van der Waals surface area contributed by atoms with Crippen LogP contribution in [0.15, 0.2) is 18.3 Å². The van der Waals surface area contributed by atoms with E-state index in [9.17, 15) is 0 Å². The van der Waals surface area contributed by atoms with E-state index in [2.05, 4.69) is 29.8 Å². The Morgan fingerprint density at radius 3 is 3.00 bits per heavy atom. The minimum Gasteiger partial charge on any atom is -0.326 e. The van der Waals surface area contributed by atoms with Gasteiger partial charge in [-0.3, -0.25) is 9.88 Å². The summed E-state index contributed by atoms with van der Waals surface area (Å²) in [6.45, 7) is 7.38. The number of nitrogens with two attached hydrogens (primary N) is 1. The lowest BCUT2D eigenvalue weighted by molar-refractivity contribution is 0.120. The van der Waals surface area contributed by atoms with E-state index in [1.807, 2.05) is 12.3 Å². The molecule has 2 rings (SSSR count). The highest BCUT2D eigenvalue weighted by molar-refractivity contribution is 5.19. The molecule has 1 aliphatic rings. The Hall–Kier alpha value is -0.930. The fraction of sp³-hybridized carbons (Fsp3) is 0.643. The van der Waals surface area contributed by atoms with Crippen molar-refractivity contribution in [1.29, 1.82) is 0 Å². The second-order valence-corrected chi connectivity index (χ2v) is 5.26. The molecule has 0 amide bonds. The first-order valence-corrected chi connectivity index (χ1v) is 6.57. The third-order valence-electron chi connectivity index (χ3n) is 3.83. The van der Waals surface area contributed by atoms with Crippen molar-refractivity contribution in [3.63, 3.8) is 0 Å². The van der Waals surface area contributed by atoms with E-state index in [4.69, 9.17) is 5.73 Å². The summed E-state index contributed by atoms with van der Waals surface area (Å²) in [5, 5.41) is 0. The molecule has 17 heavy (non-hydrogen) atoms. The number of rotatable bonds is 3. The zero-order chi connectivity index (χ0) is 12.3. The Morgan fingerprint density at radius 1 is 1.47 bits per heavy atom. The van der Waals surface area contributed by atoms with Crippen molar-refractivity contribution in [3.8, 4) is 0 Å². The van der Waals surface area contributed by atoms with Crippen LogP contribution in [-0.2, 0) is 13.1 Å². The molecule has 0 spiro atoms. The quantitative estimate of drug-likeness (QED) is 0.870. The third-order valence-corrected chi connectivity index (χ3v) is 3.83. The molecule has 0 bridgehead atoms. The van der Waals surface area contributed by atoms with Crippen LogP contribution >= 0.6 is 0 Å². The monoisotopic (exact) mass is 233 g/mol. The van der Waals surface area contributed by atoms with Gasteiger partial charge in [0.1, 0.15) is 0 Å². The number of aromatic nitrogens is 1. The molecule has 1 aromatic heterocycles. The Kier molecular flexibility index (Phi) is 4.13. The number of hydrogen-bond donors (Lipinski definition) is 1. The lowest BCUT2D eigenvalue weighted by Crippen LogP contribution is -2.40. The molecule has 1 aromatic rings. The summed E-state index contributed by atoms with van der Waals surface area (Å²) in [5.41, 5.74) is 8.08. The molecule has 1 aliphatic heterocycles. The smallest absolute Gasteiger partial charge is 0.0588 e. The lowest BCUT2D eigenvalue weighted by atomic mass is 9.93. The van der Waals surface area contributed by atoms with Crippen molar-refractivity contribution in [1.82, 2.24) is 9.88 Å². The first-order chi connectivity index (χ1) is 8.20. The van der Waals surface area contributed by atoms with Crippen LogP contribution in [0.4, 0.5) is 0 Å². The highest BCUT2D eigenvalue weighted by Gasteiger charge is 2.23. The molecule has 2 heterocycles. The molecule has 2 N–H and O–H groups in total. The Bertz CT molecular complexity index is 364. The van der Waals surface area contributed by atoms with Gasteiger partial charge in [-0.15, -0.1) is 0 Å². The van der Waals surface area contributed by atoms with Gasteiger partial charge in [0.25, 0.3) is 0 Å². The zero-order valence-electron chi connectivity index (χ0n) is 10.9. The van der Waals surface area contributed by atoms with Crippen LogP contribution in [0, 0.1) is 5.92 Å². The van der Waals surface area contributed by atoms with Gasteiger partial charge in [-0.2, -0.15) is 0 Å². The van der Waals surface area contributed by atoms with Gasteiger partial charge in [0.2, 0.25) is 0 Å². The van der Waals surface area contributed by atoms with Crippen LogP contribution in [-0.4, -0.2) is 22.5 Å². The first-order valence-electron chi connectivity index (χ1n) is 6.57. The summed E-state index contributed by atoms with van der Waals surface area (Å²) in [4.78, 5) is 7.00. The number of pyridine rings is 1. The van der Waals surface area contributed by atoms with Crippen molar-refractivity contribution in [2.45, 2.75) is 45.8 Å². The second-order valence-electron chi connectivity index (χ2n) is 5.26. The number of hydrogen-bond acceptors (Lipinski definition) is 3. The maximum Gasteiger partial charge on any atom is 0.0588 e. The summed E-state index contributed by atoms with van der Waals surface area (Å²) >= 11 is 0. The molecule has 0 aromatic carbocycles. The van der Waals surface area contributed by atoms with E-state index in [0.717, 1.165) is 18.2 Å². The van der Waals surface area contributed by atoms with Crippen LogP contribution in [0.3, 0.4) is 0 Å². The van der Waals surface area contributed by atoms with Crippen LogP contribution in [0.2, 0.25) is 0 Å². The van der Waals surface area contributed by atoms with Crippen molar-refractivity contribution in [2.75, 3.05) is 6.54 Å². The van der Waals surface area contributed by atoms with Crippen molar-refractivity contribution < 1.29 is 0 Å². The first kappa shape index (κ1) is 12.5. The van der Waals surface area contributed by atoms with Crippen LogP contribution in [0.25, 0.3) is 0 Å². The molecule has 94 valence electrons. The van der Waals surface area contributed by atoms with Gasteiger partial charge in [0.15, 0.2) is 0 Å². The zero-order valence-corrected chi connectivity index (χ0v) is 10.9. The van der Waals surface area contributed by atoms with Gasteiger partial charge in [-0.1, -0.05) is 13.0 Å². The van der Waals surface area contributed by atoms with Gasteiger partial charge >= 0.3 is 0 Å². The predicted molar refractivity (Wildman–Crippen MR) is 70.4 cm³/mol. The maximum absolute atomic E-state index is 5.75. The van der Waals surface area contributed by atoms with Crippen molar-refractivity contribution >= 4 is 0 Å². The fourth-order valence-corrected chi connectivity index (χ4v) is 2.68. The fourth-order valence-electron chi connectivity index (χ4n) is 2.68. The number of likely N-dealkylation sites (tertiary alicyclic amines) is 1. The van der Waals surface area contributed by atoms with E-state index >= 15 is 0 Å². The van der Waals surface area contributed by atoms with Gasteiger partial charge in [0.05, 0.1) is 5.69 Å². The average Bonchev–Trinajstić information content (AvgIpc) is 2.33. The molecular formula is C14H23N3. The average molecular weight is 233 g/mol. The number of nitrogens with zero attached hydrogens (tertiary/aromatic N) is 2. The standard InChI is InChI=1S/C14H23N3/c1-11-5-7-17(12(2)8-11)10-14-13(9-15)4-3-6-16-14/h3-4,6,11-12H,5,7-10,15H2,1-2H3. The molecule has 2 unspecified atom stereocenters. The summed E-state index contributed by atoms with van der Waals surface area (Å²) in [6.07, 6.45) is 4.46. The van der Waals surface area contributed by atoms with E-state index in [1.54, 1.807) is 0 Å². The highest BCUT2D eigenvalue weighted by Crippen LogP contribution is 2.23. The molecule has 0 radical (unpaired) electrons. The molecule has 3 nitrogen and oxygen atoms in total. The van der Waals surface area contributed by atoms with Gasteiger partial charge in [0, 0.05) is 25.3 Å². The Balaban J connectivity index is 2.05. The lowest BCUT2D eigenvalue weighted by Gasteiger charge is -2.36. The summed E-state index contributed by atoms with van der Waals surface area (Å²) in [5.74, 6) is 0.860. The van der Waals surface area contributed by atoms with E-state index < -0.39 is 0 Å². The summed E-state index contributed by atoms with van der Waals surface area (Å²) in [6, 6.07) is 4.71. The molecular weight excluding hydrogens is 210 g/mol. The second kappa shape index (κ2) is 5.61. The summed E-state index contributed by atoms with van der Waals surface area (Å²) in [7, 11) is 0. The van der Waals surface area contributed by atoms with Crippen LogP contribution < -0.4 is 5.73 Å². The normalized spacial score (nSPS) is 26.1. The summed E-state index contributed by atoms with van der Waals surface area (Å²) < 4.78 is 0. The molecule has 1 saturated heterocycles. The number of piperidine rings is 1. The van der Waals surface area contributed by atoms with Gasteiger partial charge < -0.3 is 5.73 Å². The van der Waals surface area contributed by atoms with Gasteiger partial charge in [-0.25, -0.2) is 0 Å². The third kappa shape index (κ3) is 3.05. The van der Waals surface area contributed by atoms with Crippen LogP contribution in [0.5, 0.6) is 0 Å². The SMILES string of the molecule is CC1CCN(Cc2ncccc2CN)C(C)C1.